The number of nitrogens with zero attached hydrogens (tertiary/aromatic N) is 1. The Labute approximate surface area is 146 Å². The number of rotatable bonds is 2. The van der Waals surface area contributed by atoms with Gasteiger partial charge in [0.1, 0.15) is 4.90 Å². The number of benzene rings is 1. The zero-order valence-corrected chi connectivity index (χ0v) is 15.3. The third-order valence-corrected chi connectivity index (χ3v) is 6.36. The zero-order chi connectivity index (χ0) is 15.1. The molecule has 1 aromatic carbocycles. The van der Waals surface area contributed by atoms with E-state index in [9.17, 15) is 8.42 Å². The molecule has 1 saturated heterocycles. The summed E-state index contributed by atoms with van der Waals surface area (Å²) in [6.45, 7) is 4.73. The molecule has 1 N–H and O–H groups in total. The van der Waals surface area contributed by atoms with Crippen molar-refractivity contribution in [1.82, 2.24) is 9.62 Å². The van der Waals surface area contributed by atoms with Gasteiger partial charge in [0.2, 0.25) is 10.0 Å². The molecule has 0 radical (unpaired) electrons. The van der Waals surface area contributed by atoms with E-state index < -0.39 is 10.0 Å². The Hall–Kier alpha value is 0.250. The van der Waals surface area contributed by atoms with Crippen LogP contribution in [-0.2, 0) is 10.0 Å². The standard InChI is InChI=1S/C12H15Cl3N2O2S.ClH/c1-7-6-17(8(2)5-16-7)20(18,19)12-10(14)3-9(13)4-11(12)15;/h3-4,7-8,16H,5-6H2,1-2H3;1H. The van der Waals surface area contributed by atoms with E-state index in [2.05, 4.69) is 5.32 Å². The molecule has 2 unspecified atom stereocenters. The van der Waals surface area contributed by atoms with Gasteiger partial charge in [-0.15, -0.1) is 12.4 Å². The fraction of sp³-hybridized carbons (Fsp3) is 0.500. The summed E-state index contributed by atoms with van der Waals surface area (Å²) in [5, 5.41) is 3.62. The zero-order valence-electron chi connectivity index (χ0n) is 11.4. The van der Waals surface area contributed by atoms with Gasteiger partial charge in [0, 0.05) is 30.2 Å². The lowest BCUT2D eigenvalue weighted by Gasteiger charge is -2.36. The Morgan fingerprint density at radius 2 is 1.71 bits per heavy atom. The first kappa shape index (κ1) is 19.3. The Kier molecular flexibility index (Phi) is 6.63. The maximum atomic E-state index is 12.8. The van der Waals surface area contributed by atoms with Gasteiger partial charge >= 0.3 is 0 Å². The summed E-state index contributed by atoms with van der Waals surface area (Å²) >= 11 is 17.9. The molecule has 1 aromatic rings. The molecule has 0 aromatic heterocycles. The summed E-state index contributed by atoms with van der Waals surface area (Å²) < 4.78 is 27.0. The van der Waals surface area contributed by atoms with Crippen LogP contribution in [0.15, 0.2) is 17.0 Å². The minimum atomic E-state index is -3.75. The van der Waals surface area contributed by atoms with Gasteiger partial charge in [0.25, 0.3) is 0 Å². The average Bonchev–Trinajstić information content (AvgIpc) is 2.30. The SMILES string of the molecule is CC1CN(S(=O)(=O)c2c(Cl)cc(Cl)cc2Cl)C(C)CN1.Cl. The van der Waals surface area contributed by atoms with Gasteiger partial charge in [0.15, 0.2) is 0 Å². The van der Waals surface area contributed by atoms with Crippen LogP contribution in [0.5, 0.6) is 0 Å². The van der Waals surface area contributed by atoms with Crippen molar-refractivity contribution in [2.75, 3.05) is 13.1 Å². The van der Waals surface area contributed by atoms with Crippen LogP contribution in [0.2, 0.25) is 15.1 Å². The molecule has 1 fully saturated rings. The van der Waals surface area contributed by atoms with Crippen LogP contribution in [0.1, 0.15) is 13.8 Å². The van der Waals surface area contributed by atoms with Gasteiger partial charge in [0.05, 0.1) is 10.0 Å². The van der Waals surface area contributed by atoms with Crippen molar-refractivity contribution in [3.63, 3.8) is 0 Å². The van der Waals surface area contributed by atoms with E-state index >= 15 is 0 Å². The van der Waals surface area contributed by atoms with Crippen LogP contribution in [0, 0.1) is 0 Å². The molecule has 1 heterocycles. The molecular weight excluding hydrogens is 378 g/mol. The van der Waals surface area contributed by atoms with Crippen molar-refractivity contribution in [3.05, 3.63) is 27.2 Å². The summed E-state index contributed by atoms with van der Waals surface area (Å²) in [6.07, 6.45) is 0. The fourth-order valence-electron chi connectivity index (χ4n) is 2.22. The third kappa shape index (κ3) is 3.96. The smallest absolute Gasteiger partial charge is 0.246 e. The van der Waals surface area contributed by atoms with Crippen molar-refractivity contribution < 1.29 is 8.42 Å². The Bertz CT molecular complexity index is 601. The molecule has 0 aliphatic carbocycles. The molecule has 1 aliphatic heterocycles. The molecule has 0 saturated carbocycles. The van der Waals surface area contributed by atoms with Crippen LogP contribution >= 0.6 is 47.2 Å². The number of nitrogens with one attached hydrogen (secondary N) is 1. The maximum absolute atomic E-state index is 12.8. The summed E-state index contributed by atoms with van der Waals surface area (Å²) in [4.78, 5) is -0.0776. The summed E-state index contributed by atoms with van der Waals surface area (Å²) in [5.74, 6) is 0. The van der Waals surface area contributed by atoms with Crippen molar-refractivity contribution in [1.29, 1.82) is 0 Å². The lowest BCUT2D eigenvalue weighted by atomic mass is 10.2. The van der Waals surface area contributed by atoms with Gasteiger partial charge in [-0.3, -0.25) is 0 Å². The van der Waals surface area contributed by atoms with Crippen LogP contribution in [0.4, 0.5) is 0 Å². The number of halogens is 4. The number of piperazine rings is 1. The largest absolute Gasteiger partial charge is 0.311 e. The van der Waals surface area contributed by atoms with Gasteiger partial charge in [-0.1, -0.05) is 34.8 Å². The maximum Gasteiger partial charge on any atom is 0.246 e. The Balaban J connectivity index is 0.00000220. The minimum absolute atomic E-state index is 0. The highest BCUT2D eigenvalue weighted by Crippen LogP contribution is 2.35. The molecule has 0 bridgehead atoms. The van der Waals surface area contributed by atoms with E-state index in [0.717, 1.165) is 0 Å². The summed E-state index contributed by atoms with van der Waals surface area (Å²) in [7, 11) is -3.75. The van der Waals surface area contributed by atoms with Crippen molar-refractivity contribution in [3.8, 4) is 0 Å². The molecule has 0 spiro atoms. The molecular formula is C12H16Cl4N2O2S. The van der Waals surface area contributed by atoms with Crippen LogP contribution in [-0.4, -0.2) is 37.9 Å². The minimum Gasteiger partial charge on any atom is -0.311 e. The highest BCUT2D eigenvalue weighted by Gasteiger charge is 2.36. The molecule has 21 heavy (non-hydrogen) atoms. The van der Waals surface area contributed by atoms with E-state index in [1.165, 1.54) is 16.4 Å². The van der Waals surface area contributed by atoms with E-state index in [1.807, 2.05) is 13.8 Å². The van der Waals surface area contributed by atoms with Crippen LogP contribution in [0.3, 0.4) is 0 Å². The number of sulfonamides is 1. The topological polar surface area (TPSA) is 49.4 Å². The first-order chi connectivity index (χ1) is 9.23. The number of hydrogen-bond acceptors (Lipinski definition) is 3. The molecule has 4 nitrogen and oxygen atoms in total. The summed E-state index contributed by atoms with van der Waals surface area (Å²) in [6, 6.07) is 2.68. The number of hydrogen-bond donors (Lipinski definition) is 1. The molecule has 0 amide bonds. The first-order valence-corrected chi connectivity index (χ1v) is 8.70. The Morgan fingerprint density at radius 3 is 2.24 bits per heavy atom. The van der Waals surface area contributed by atoms with E-state index in [4.69, 9.17) is 34.8 Å². The molecule has 1 aliphatic rings. The lowest BCUT2D eigenvalue weighted by Crippen LogP contribution is -2.56. The lowest BCUT2D eigenvalue weighted by molar-refractivity contribution is 0.244. The normalized spacial score (nSPS) is 23.7. The Morgan fingerprint density at radius 1 is 1.19 bits per heavy atom. The predicted molar refractivity (Wildman–Crippen MR) is 89.5 cm³/mol. The summed E-state index contributed by atoms with van der Waals surface area (Å²) in [5.41, 5.74) is 0. The molecule has 9 heteroatoms. The molecule has 2 atom stereocenters. The fourth-order valence-corrected chi connectivity index (χ4v) is 5.43. The average molecular weight is 394 g/mol. The van der Waals surface area contributed by atoms with Crippen molar-refractivity contribution >= 4 is 57.2 Å². The highest BCUT2D eigenvalue weighted by molar-refractivity contribution is 7.89. The van der Waals surface area contributed by atoms with E-state index in [-0.39, 0.29) is 39.4 Å². The van der Waals surface area contributed by atoms with Crippen LogP contribution < -0.4 is 5.32 Å². The van der Waals surface area contributed by atoms with E-state index in [1.54, 1.807) is 0 Å². The quantitative estimate of drug-likeness (QED) is 0.837. The monoisotopic (exact) mass is 392 g/mol. The van der Waals surface area contributed by atoms with Gasteiger partial charge in [-0.2, -0.15) is 4.31 Å². The van der Waals surface area contributed by atoms with Gasteiger partial charge < -0.3 is 5.32 Å². The highest BCUT2D eigenvalue weighted by atomic mass is 35.5. The van der Waals surface area contributed by atoms with Crippen LogP contribution in [0.25, 0.3) is 0 Å². The second-order valence-corrected chi connectivity index (χ2v) is 8.01. The third-order valence-electron chi connectivity index (χ3n) is 3.24. The first-order valence-electron chi connectivity index (χ1n) is 6.13. The van der Waals surface area contributed by atoms with Crippen molar-refractivity contribution in [2.45, 2.75) is 30.8 Å². The molecule has 120 valence electrons. The second kappa shape index (κ2) is 7.21. The van der Waals surface area contributed by atoms with E-state index in [0.29, 0.717) is 18.1 Å². The van der Waals surface area contributed by atoms with Crippen molar-refractivity contribution in [2.24, 2.45) is 0 Å². The molecule has 2 rings (SSSR count). The predicted octanol–water partition coefficient (Wildman–Crippen LogP) is 3.44. The van der Waals surface area contributed by atoms with Gasteiger partial charge in [-0.25, -0.2) is 8.42 Å². The van der Waals surface area contributed by atoms with Gasteiger partial charge in [-0.05, 0) is 26.0 Å². The second-order valence-electron chi connectivity index (χ2n) is 4.93.